The smallest absolute Gasteiger partial charge is 0.223 e. The molecule has 0 bridgehead atoms. The topological polar surface area (TPSA) is 58.6 Å². The van der Waals surface area contributed by atoms with Crippen LogP contribution in [0.3, 0.4) is 0 Å². The fraction of sp³-hybridized carbons (Fsp3) is 0.462. The van der Waals surface area contributed by atoms with Gasteiger partial charge in [0.2, 0.25) is 5.91 Å². The molecule has 0 saturated heterocycles. The van der Waals surface area contributed by atoms with Gasteiger partial charge in [-0.3, -0.25) is 4.79 Å². The van der Waals surface area contributed by atoms with Gasteiger partial charge in [-0.15, -0.1) is 0 Å². The molecule has 1 unspecified atom stereocenters. The second-order valence-corrected chi connectivity index (χ2v) is 5.00. The van der Waals surface area contributed by atoms with Crippen LogP contribution in [0.15, 0.2) is 18.2 Å². The van der Waals surface area contributed by atoms with E-state index < -0.39 is 0 Å². The summed E-state index contributed by atoms with van der Waals surface area (Å²) in [5.41, 5.74) is 0. The van der Waals surface area contributed by atoms with Gasteiger partial charge in [0.25, 0.3) is 0 Å². The molecule has 1 amide bonds. The molecule has 0 aliphatic carbocycles. The zero-order valence-corrected chi connectivity index (χ0v) is 12.2. The molecule has 6 heteroatoms. The summed E-state index contributed by atoms with van der Waals surface area (Å²) in [6, 6.07) is 4.88. The predicted molar refractivity (Wildman–Crippen MR) is 75.9 cm³/mol. The zero-order valence-electron chi connectivity index (χ0n) is 10.7. The van der Waals surface area contributed by atoms with E-state index in [4.69, 9.17) is 33.0 Å². The Morgan fingerprint density at radius 2 is 2.21 bits per heavy atom. The first-order valence-corrected chi connectivity index (χ1v) is 6.76. The molecule has 0 aliphatic rings. The van der Waals surface area contributed by atoms with E-state index in [2.05, 4.69) is 5.32 Å². The lowest BCUT2D eigenvalue weighted by atomic mass is 10.2. The van der Waals surface area contributed by atoms with E-state index in [0.717, 1.165) is 0 Å². The van der Waals surface area contributed by atoms with Gasteiger partial charge >= 0.3 is 0 Å². The molecule has 1 rings (SSSR count). The van der Waals surface area contributed by atoms with Gasteiger partial charge in [-0.1, -0.05) is 23.2 Å². The molecule has 0 saturated carbocycles. The molecule has 0 radical (unpaired) electrons. The van der Waals surface area contributed by atoms with Crippen molar-refractivity contribution in [3.8, 4) is 5.75 Å². The third kappa shape index (κ3) is 6.14. The second-order valence-electron chi connectivity index (χ2n) is 4.15. The number of hydrogen-bond donors (Lipinski definition) is 2. The molecule has 1 aromatic rings. The van der Waals surface area contributed by atoms with Crippen molar-refractivity contribution in [3.05, 3.63) is 28.2 Å². The van der Waals surface area contributed by atoms with Crippen molar-refractivity contribution in [1.82, 2.24) is 5.32 Å². The van der Waals surface area contributed by atoms with Gasteiger partial charge in [0.1, 0.15) is 5.75 Å². The van der Waals surface area contributed by atoms with Crippen LogP contribution in [-0.2, 0) is 4.79 Å². The predicted octanol–water partition coefficient (Wildman–Crippen LogP) is 2.65. The van der Waals surface area contributed by atoms with Gasteiger partial charge in [0.05, 0.1) is 18.1 Å². The minimum Gasteiger partial charge on any atom is -0.491 e. The number of rotatable bonds is 7. The monoisotopic (exact) mass is 305 g/mol. The summed E-state index contributed by atoms with van der Waals surface area (Å²) in [5, 5.41) is 12.4. The Morgan fingerprint density at radius 1 is 1.47 bits per heavy atom. The van der Waals surface area contributed by atoms with Gasteiger partial charge in [0.15, 0.2) is 0 Å². The number of hydrogen-bond acceptors (Lipinski definition) is 3. The van der Waals surface area contributed by atoms with Crippen LogP contribution in [-0.4, -0.2) is 30.3 Å². The first-order chi connectivity index (χ1) is 9.02. The van der Waals surface area contributed by atoms with E-state index in [-0.39, 0.29) is 31.6 Å². The highest BCUT2D eigenvalue weighted by Gasteiger charge is 2.08. The lowest BCUT2D eigenvalue weighted by Gasteiger charge is -2.13. The SMILES string of the molecule is CC(CCO)NC(=O)CCOc1ccc(Cl)cc1Cl. The summed E-state index contributed by atoms with van der Waals surface area (Å²) in [7, 11) is 0. The molecule has 106 valence electrons. The lowest BCUT2D eigenvalue weighted by molar-refractivity contribution is -0.122. The number of nitrogens with one attached hydrogen (secondary N) is 1. The Morgan fingerprint density at radius 3 is 2.84 bits per heavy atom. The Hall–Kier alpha value is -0.970. The van der Waals surface area contributed by atoms with E-state index in [1.807, 2.05) is 6.92 Å². The summed E-state index contributed by atoms with van der Waals surface area (Å²) in [4.78, 5) is 11.5. The molecule has 1 aromatic carbocycles. The zero-order chi connectivity index (χ0) is 14.3. The van der Waals surface area contributed by atoms with Crippen LogP contribution in [0.5, 0.6) is 5.75 Å². The van der Waals surface area contributed by atoms with E-state index in [0.29, 0.717) is 22.2 Å². The normalized spacial score (nSPS) is 12.0. The summed E-state index contributed by atoms with van der Waals surface area (Å²) >= 11 is 11.7. The lowest BCUT2D eigenvalue weighted by Crippen LogP contribution is -2.33. The molecule has 0 heterocycles. The van der Waals surface area contributed by atoms with Crippen LogP contribution in [0.4, 0.5) is 0 Å². The quantitative estimate of drug-likeness (QED) is 0.814. The summed E-state index contributed by atoms with van der Waals surface area (Å²) < 4.78 is 5.40. The Labute approximate surface area is 122 Å². The molecule has 0 aromatic heterocycles. The highest BCUT2D eigenvalue weighted by Crippen LogP contribution is 2.27. The Bertz CT molecular complexity index is 426. The van der Waals surface area contributed by atoms with Crippen LogP contribution in [0.2, 0.25) is 10.0 Å². The van der Waals surface area contributed by atoms with Gasteiger partial charge in [-0.2, -0.15) is 0 Å². The molecule has 2 N–H and O–H groups in total. The molecular formula is C13H17Cl2NO3. The van der Waals surface area contributed by atoms with Crippen LogP contribution >= 0.6 is 23.2 Å². The maximum atomic E-state index is 11.5. The Balaban J connectivity index is 2.31. The van der Waals surface area contributed by atoms with E-state index in [1.54, 1.807) is 18.2 Å². The second kappa shape index (κ2) is 8.25. The van der Waals surface area contributed by atoms with Crippen LogP contribution in [0, 0.1) is 0 Å². The fourth-order valence-electron chi connectivity index (χ4n) is 1.46. The molecule has 0 fully saturated rings. The van der Waals surface area contributed by atoms with Crippen molar-refractivity contribution in [2.45, 2.75) is 25.8 Å². The number of benzene rings is 1. The van der Waals surface area contributed by atoms with E-state index in [9.17, 15) is 4.79 Å². The van der Waals surface area contributed by atoms with Gasteiger partial charge in [-0.25, -0.2) is 0 Å². The summed E-state index contributed by atoms with van der Waals surface area (Å²) in [5.74, 6) is 0.383. The van der Waals surface area contributed by atoms with Gasteiger partial charge in [-0.05, 0) is 31.5 Å². The van der Waals surface area contributed by atoms with Crippen molar-refractivity contribution in [1.29, 1.82) is 0 Å². The highest BCUT2D eigenvalue weighted by molar-refractivity contribution is 6.35. The van der Waals surface area contributed by atoms with Crippen molar-refractivity contribution < 1.29 is 14.6 Å². The molecule has 1 atom stereocenters. The average molecular weight is 306 g/mol. The van der Waals surface area contributed by atoms with Gasteiger partial charge < -0.3 is 15.2 Å². The number of halogens is 2. The highest BCUT2D eigenvalue weighted by atomic mass is 35.5. The number of aliphatic hydroxyl groups excluding tert-OH is 1. The minimum absolute atomic E-state index is 0.0448. The van der Waals surface area contributed by atoms with Gasteiger partial charge in [0, 0.05) is 17.7 Å². The molecule has 0 aliphatic heterocycles. The van der Waals surface area contributed by atoms with Crippen LogP contribution in [0.1, 0.15) is 19.8 Å². The molecule has 0 spiro atoms. The molecule has 19 heavy (non-hydrogen) atoms. The maximum Gasteiger partial charge on any atom is 0.223 e. The number of amides is 1. The van der Waals surface area contributed by atoms with Crippen molar-refractivity contribution in [3.63, 3.8) is 0 Å². The largest absolute Gasteiger partial charge is 0.491 e. The number of carbonyl (C=O) groups excluding carboxylic acids is 1. The average Bonchev–Trinajstić information content (AvgIpc) is 2.32. The minimum atomic E-state index is -0.119. The first kappa shape index (κ1) is 16.1. The Kier molecular flexibility index (Phi) is 6.99. The van der Waals surface area contributed by atoms with Crippen LogP contribution < -0.4 is 10.1 Å². The molecular weight excluding hydrogens is 289 g/mol. The maximum absolute atomic E-state index is 11.5. The fourth-order valence-corrected chi connectivity index (χ4v) is 1.92. The van der Waals surface area contributed by atoms with E-state index in [1.165, 1.54) is 0 Å². The summed E-state index contributed by atoms with van der Waals surface area (Å²) in [6.07, 6.45) is 0.768. The van der Waals surface area contributed by atoms with Crippen molar-refractivity contribution in [2.24, 2.45) is 0 Å². The van der Waals surface area contributed by atoms with Crippen molar-refractivity contribution >= 4 is 29.1 Å². The first-order valence-electron chi connectivity index (χ1n) is 6.01. The standard InChI is InChI=1S/C13H17Cl2NO3/c1-9(4-6-17)16-13(18)5-7-19-12-3-2-10(14)8-11(12)15/h2-3,8-9,17H,4-7H2,1H3,(H,16,18). The number of carbonyl (C=O) groups is 1. The third-order valence-corrected chi connectivity index (χ3v) is 2.98. The van der Waals surface area contributed by atoms with Crippen molar-refractivity contribution in [2.75, 3.05) is 13.2 Å². The van der Waals surface area contributed by atoms with E-state index >= 15 is 0 Å². The number of aliphatic hydroxyl groups is 1. The third-order valence-electron chi connectivity index (χ3n) is 2.45. The number of ether oxygens (including phenoxy) is 1. The summed E-state index contributed by atoms with van der Waals surface area (Å²) in [6.45, 7) is 2.13. The van der Waals surface area contributed by atoms with Crippen LogP contribution in [0.25, 0.3) is 0 Å². The molecule has 4 nitrogen and oxygen atoms in total.